The molecule has 6 heteroatoms. The number of aromatic nitrogens is 1. The number of ether oxygens (including phenoxy) is 1. The standard InChI is InChI=1S/C19H20N2O4/c1-21-16-10-9-14(12-17(16)25-19(21)23)13-20-18(22)8-5-11-24-15-6-3-2-4-7-15/h2-4,6-7,9-10,12H,5,8,11,13H2,1H3,(H,20,22). The zero-order chi connectivity index (χ0) is 17.6. The second-order valence-electron chi connectivity index (χ2n) is 5.77. The average molecular weight is 340 g/mol. The summed E-state index contributed by atoms with van der Waals surface area (Å²) in [4.78, 5) is 23.4. The maximum Gasteiger partial charge on any atom is 0.419 e. The van der Waals surface area contributed by atoms with E-state index in [0.717, 1.165) is 16.8 Å². The van der Waals surface area contributed by atoms with Crippen LogP contribution < -0.4 is 15.8 Å². The van der Waals surface area contributed by atoms with Gasteiger partial charge in [-0.05, 0) is 36.2 Å². The predicted molar refractivity (Wildman–Crippen MR) is 94.5 cm³/mol. The molecule has 1 aromatic heterocycles. The van der Waals surface area contributed by atoms with E-state index in [2.05, 4.69) is 5.32 Å². The van der Waals surface area contributed by atoms with Crippen LogP contribution in [0.15, 0.2) is 57.7 Å². The normalized spacial score (nSPS) is 10.8. The third-order valence-electron chi connectivity index (χ3n) is 3.91. The van der Waals surface area contributed by atoms with Crippen LogP contribution in [0.25, 0.3) is 11.1 Å². The fraction of sp³-hybridized carbons (Fsp3) is 0.263. The number of nitrogens with zero attached hydrogens (tertiary/aromatic N) is 1. The molecule has 0 fully saturated rings. The van der Waals surface area contributed by atoms with Gasteiger partial charge in [-0.25, -0.2) is 4.79 Å². The largest absolute Gasteiger partial charge is 0.494 e. The van der Waals surface area contributed by atoms with E-state index >= 15 is 0 Å². The molecule has 25 heavy (non-hydrogen) atoms. The molecule has 1 amide bonds. The Hall–Kier alpha value is -3.02. The number of oxazole rings is 1. The van der Waals surface area contributed by atoms with Crippen LogP contribution in [0.3, 0.4) is 0 Å². The van der Waals surface area contributed by atoms with Crippen LogP contribution in [0.4, 0.5) is 0 Å². The molecule has 3 rings (SSSR count). The van der Waals surface area contributed by atoms with Crippen molar-refractivity contribution in [1.29, 1.82) is 0 Å². The summed E-state index contributed by atoms with van der Waals surface area (Å²) >= 11 is 0. The molecule has 0 atom stereocenters. The molecule has 0 aliphatic rings. The molecular formula is C19H20N2O4. The summed E-state index contributed by atoms with van der Waals surface area (Å²) in [7, 11) is 1.66. The molecule has 0 aliphatic heterocycles. The zero-order valence-electron chi connectivity index (χ0n) is 14.0. The molecule has 130 valence electrons. The lowest BCUT2D eigenvalue weighted by Crippen LogP contribution is -2.22. The summed E-state index contributed by atoms with van der Waals surface area (Å²) in [5, 5.41) is 2.86. The Morgan fingerprint density at radius 1 is 1.20 bits per heavy atom. The SMILES string of the molecule is Cn1c(=O)oc2cc(CNC(=O)CCCOc3ccccc3)ccc21. The maximum absolute atomic E-state index is 11.9. The first-order chi connectivity index (χ1) is 12.1. The number of rotatable bonds is 7. The van der Waals surface area contributed by atoms with Gasteiger partial charge in [-0.1, -0.05) is 24.3 Å². The summed E-state index contributed by atoms with van der Waals surface area (Å²) in [6.45, 7) is 0.894. The van der Waals surface area contributed by atoms with Crippen LogP contribution in [0.1, 0.15) is 18.4 Å². The Morgan fingerprint density at radius 2 is 2.00 bits per heavy atom. The first kappa shape index (κ1) is 16.8. The first-order valence-electron chi connectivity index (χ1n) is 8.16. The van der Waals surface area contributed by atoms with E-state index in [1.54, 1.807) is 13.1 Å². The summed E-state index contributed by atoms with van der Waals surface area (Å²) in [6.07, 6.45) is 1.04. The molecule has 0 radical (unpaired) electrons. The second kappa shape index (κ2) is 7.70. The van der Waals surface area contributed by atoms with Crippen molar-refractivity contribution < 1.29 is 13.9 Å². The van der Waals surface area contributed by atoms with Gasteiger partial charge < -0.3 is 14.5 Å². The van der Waals surface area contributed by atoms with Crippen LogP contribution in [-0.2, 0) is 18.4 Å². The lowest BCUT2D eigenvalue weighted by molar-refractivity contribution is -0.121. The van der Waals surface area contributed by atoms with Gasteiger partial charge in [0, 0.05) is 20.0 Å². The van der Waals surface area contributed by atoms with Crippen molar-refractivity contribution in [3.05, 3.63) is 64.6 Å². The van der Waals surface area contributed by atoms with E-state index in [1.165, 1.54) is 4.57 Å². The van der Waals surface area contributed by atoms with E-state index in [9.17, 15) is 9.59 Å². The number of benzene rings is 2. The molecule has 0 aliphatic carbocycles. The fourth-order valence-electron chi connectivity index (χ4n) is 2.52. The van der Waals surface area contributed by atoms with Crippen LogP contribution in [0, 0.1) is 0 Å². The topological polar surface area (TPSA) is 73.5 Å². The Morgan fingerprint density at radius 3 is 2.80 bits per heavy atom. The van der Waals surface area contributed by atoms with E-state index < -0.39 is 5.76 Å². The van der Waals surface area contributed by atoms with E-state index in [4.69, 9.17) is 9.15 Å². The molecule has 6 nitrogen and oxygen atoms in total. The second-order valence-corrected chi connectivity index (χ2v) is 5.77. The van der Waals surface area contributed by atoms with Crippen molar-refractivity contribution in [2.45, 2.75) is 19.4 Å². The van der Waals surface area contributed by atoms with E-state index in [0.29, 0.717) is 31.6 Å². The van der Waals surface area contributed by atoms with Gasteiger partial charge in [0.05, 0.1) is 12.1 Å². The highest BCUT2D eigenvalue weighted by Crippen LogP contribution is 2.14. The summed E-state index contributed by atoms with van der Waals surface area (Å²) in [5.41, 5.74) is 2.14. The van der Waals surface area contributed by atoms with Gasteiger partial charge >= 0.3 is 5.76 Å². The highest BCUT2D eigenvalue weighted by atomic mass is 16.5. The van der Waals surface area contributed by atoms with Crippen molar-refractivity contribution in [2.75, 3.05) is 6.61 Å². The fourth-order valence-corrected chi connectivity index (χ4v) is 2.52. The van der Waals surface area contributed by atoms with Gasteiger partial charge in [0.2, 0.25) is 5.91 Å². The molecule has 0 bridgehead atoms. The number of nitrogens with one attached hydrogen (secondary N) is 1. The number of hydrogen-bond acceptors (Lipinski definition) is 4. The Kier molecular flexibility index (Phi) is 5.18. The molecule has 3 aromatic rings. The first-order valence-corrected chi connectivity index (χ1v) is 8.16. The van der Waals surface area contributed by atoms with Crippen LogP contribution >= 0.6 is 0 Å². The molecule has 0 saturated carbocycles. The number of carbonyl (C=O) groups is 1. The molecule has 1 heterocycles. The van der Waals surface area contributed by atoms with Gasteiger partial charge in [-0.3, -0.25) is 9.36 Å². The van der Waals surface area contributed by atoms with Crippen molar-refractivity contribution in [3.63, 3.8) is 0 Å². The number of aryl methyl sites for hydroxylation is 1. The quantitative estimate of drug-likeness (QED) is 0.671. The lowest BCUT2D eigenvalue weighted by Gasteiger charge is -2.07. The molecule has 0 unspecified atom stereocenters. The maximum atomic E-state index is 11.9. The lowest BCUT2D eigenvalue weighted by atomic mass is 10.2. The van der Waals surface area contributed by atoms with Crippen LogP contribution in [0.2, 0.25) is 0 Å². The Labute approximate surface area is 145 Å². The van der Waals surface area contributed by atoms with Gasteiger partial charge in [-0.2, -0.15) is 0 Å². The van der Waals surface area contributed by atoms with Gasteiger partial charge in [-0.15, -0.1) is 0 Å². The molecule has 2 aromatic carbocycles. The van der Waals surface area contributed by atoms with Gasteiger partial charge in [0.1, 0.15) is 5.75 Å². The summed E-state index contributed by atoms with van der Waals surface area (Å²) in [6, 6.07) is 15.0. The highest BCUT2D eigenvalue weighted by molar-refractivity contribution is 5.76. The monoisotopic (exact) mass is 340 g/mol. The third-order valence-corrected chi connectivity index (χ3v) is 3.91. The molecular weight excluding hydrogens is 320 g/mol. The van der Waals surface area contributed by atoms with E-state index in [-0.39, 0.29) is 5.91 Å². The Balaban J connectivity index is 1.43. The number of hydrogen-bond donors (Lipinski definition) is 1. The Bertz CT molecular complexity index is 912. The van der Waals surface area contributed by atoms with Gasteiger partial charge in [0.15, 0.2) is 5.58 Å². The predicted octanol–water partition coefficient (Wildman–Crippen LogP) is 2.61. The zero-order valence-corrected chi connectivity index (χ0v) is 14.0. The third kappa shape index (κ3) is 4.29. The van der Waals surface area contributed by atoms with Crippen LogP contribution in [-0.4, -0.2) is 17.1 Å². The number of carbonyl (C=O) groups excluding carboxylic acids is 1. The smallest absolute Gasteiger partial charge is 0.419 e. The van der Waals surface area contributed by atoms with Gasteiger partial charge in [0.25, 0.3) is 0 Å². The van der Waals surface area contributed by atoms with Crippen molar-refractivity contribution in [1.82, 2.24) is 9.88 Å². The minimum Gasteiger partial charge on any atom is -0.494 e. The van der Waals surface area contributed by atoms with Crippen molar-refractivity contribution in [3.8, 4) is 5.75 Å². The van der Waals surface area contributed by atoms with E-state index in [1.807, 2.05) is 42.5 Å². The number of para-hydroxylation sites is 1. The summed E-state index contributed by atoms with van der Waals surface area (Å²) < 4.78 is 12.2. The minimum absolute atomic E-state index is 0.0359. The van der Waals surface area contributed by atoms with Crippen LogP contribution in [0.5, 0.6) is 5.75 Å². The molecule has 1 N–H and O–H groups in total. The van der Waals surface area contributed by atoms with Crippen molar-refractivity contribution >= 4 is 17.0 Å². The average Bonchev–Trinajstić information content (AvgIpc) is 2.91. The highest BCUT2D eigenvalue weighted by Gasteiger charge is 2.07. The number of amides is 1. The van der Waals surface area contributed by atoms with Crippen molar-refractivity contribution in [2.24, 2.45) is 7.05 Å². The minimum atomic E-state index is -0.394. The summed E-state index contributed by atoms with van der Waals surface area (Å²) in [5.74, 6) is 0.376. The molecule has 0 saturated heterocycles. The molecule has 0 spiro atoms. The number of fused-ring (bicyclic) bond motifs is 1.